The Balaban J connectivity index is 1.55. The van der Waals surface area contributed by atoms with Gasteiger partial charge in [0.2, 0.25) is 11.8 Å². The number of pyridine rings is 1. The highest BCUT2D eigenvalue weighted by Gasteiger charge is 2.38. The van der Waals surface area contributed by atoms with Crippen LogP contribution in [0.5, 0.6) is 0 Å². The van der Waals surface area contributed by atoms with Gasteiger partial charge in [-0.3, -0.25) is 14.5 Å². The summed E-state index contributed by atoms with van der Waals surface area (Å²) in [6, 6.07) is 9.35. The highest BCUT2D eigenvalue weighted by Crippen LogP contribution is 2.23. The predicted molar refractivity (Wildman–Crippen MR) is 90.5 cm³/mol. The molecule has 7 heteroatoms. The first kappa shape index (κ1) is 15.4. The van der Waals surface area contributed by atoms with Crippen LogP contribution in [0.2, 0.25) is 5.02 Å². The molecular weight excluding hydrogens is 328 g/mol. The summed E-state index contributed by atoms with van der Waals surface area (Å²) >= 11 is 6.38. The molecule has 2 aromatic rings. The van der Waals surface area contributed by atoms with Crippen molar-refractivity contribution in [1.29, 1.82) is 0 Å². The molecule has 0 aliphatic carbocycles. The van der Waals surface area contributed by atoms with Crippen molar-refractivity contribution in [3.05, 3.63) is 41.0 Å². The third-order valence-corrected chi connectivity index (χ3v) is 4.95. The lowest BCUT2D eigenvalue weighted by Crippen LogP contribution is -2.65. The van der Waals surface area contributed by atoms with Crippen LogP contribution in [0.1, 0.15) is 5.69 Å². The number of nitrogens with one attached hydrogen (secondary N) is 1. The molecule has 0 saturated carbocycles. The number of rotatable bonds is 2. The predicted octanol–water partition coefficient (Wildman–Crippen LogP) is 1.03. The third kappa shape index (κ3) is 2.72. The van der Waals surface area contributed by atoms with Crippen LogP contribution in [0.25, 0.3) is 10.9 Å². The number of halogens is 1. The minimum Gasteiger partial charge on any atom is -0.345 e. The number of hydrogen-bond acceptors (Lipinski definition) is 4. The Labute approximate surface area is 144 Å². The van der Waals surface area contributed by atoms with Crippen molar-refractivity contribution < 1.29 is 9.59 Å². The van der Waals surface area contributed by atoms with Gasteiger partial charge in [-0.15, -0.1) is 0 Å². The molecule has 2 amide bonds. The number of fused-ring (bicyclic) bond motifs is 2. The zero-order chi connectivity index (χ0) is 16.7. The summed E-state index contributed by atoms with van der Waals surface area (Å²) in [5.41, 5.74) is 1.70. The van der Waals surface area contributed by atoms with Gasteiger partial charge >= 0.3 is 0 Å². The van der Waals surface area contributed by atoms with Gasteiger partial charge in [-0.25, -0.2) is 4.98 Å². The van der Waals surface area contributed by atoms with Crippen LogP contribution < -0.4 is 5.32 Å². The van der Waals surface area contributed by atoms with E-state index < -0.39 is 6.04 Å². The zero-order valence-electron chi connectivity index (χ0n) is 13.0. The van der Waals surface area contributed by atoms with Crippen LogP contribution in [0.3, 0.4) is 0 Å². The van der Waals surface area contributed by atoms with Crippen molar-refractivity contribution in [3.63, 3.8) is 0 Å². The summed E-state index contributed by atoms with van der Waals surface area (Å²) in [7, 11) is 0. The summed E-state index contributed by atoms with van der Waals surface area (Å²) in [5, 5.41) is 4.29. The first-order chi connectivity index (χ1) is 11.6. The topological polar surface area (TPSA) is 65.5 Å². The normalized spacial score (nSPS) is 21.7. The third-order valence-electron chi connectivity index (χ3n) is 4.62. The second-order valence-corrected chi connectivity index (χ2v) is 6.57. The van der Waals surface area contributed by atoms with Gasteiger partial charge in [-0.2, -0.15) is 0 Å². The summed E-state index contributed by atoms with van der Waals surface area (Å²) in [6.45, 7) is 2.44. The maximum Gasteiger partial charge on any atom is 0.244 e. The molecule has 2 aliphatic heterocycles. The number of carbonyl (C=O) groups excluding carboxylic acids is 2. The van der Waals surface area contributed by atoms with Crippen molar-refractivity contribution in [1.82, 2.24) is 20.1 Å². The Hall–Kier alpha value is -2.18. The number of amides is 2. The van der Waals surface area contributed by atoms with E-state index in [-0.39, 0.29) is 18.4 Å². The molecule has 0 bridgehead atoms. The zero-order valence-corrected chi connectivity index (χ0v) is 13.8. The highest BCUT2D eigenvalue weighted by molar-refractivity contribution is 6.31. The van der Waals surface area contributed by atoms with E-state index in [1.807, 2.05) is 30.3 Å². The number of para-hydroxylation sites is 1. The first-order valence-electron chi connectivity index (χ1n) is 7.95. The van der Waals surface area contributed by atoms with Gasteiger partial charge < -0.3 is 10.2 Å². The maximum absolute atomic E-state index is 12.0. The van der Waals surface area contributed by atoms with E-state index >= 15 is 0 Å². The lowest BCUT2D eigenvalue weighted by Gasteiger charge is -2.42. The van der Waals surface area contributed by atoms with E-state index in [9.17, 15) is 9.59 Å². The van der Waals surface area contributed by atoms with Gasteiger partial charge in [-0.05, 0) is 12.1 Å². The number of hydrogen-bond donors (Lipinski definition) is 1. The number of nitrogens with zero attached hydrogens (tertiary/aromatic N) is 3. The van der Waals surface area contributed by atoms with E-state index in [2.05, 4.69) is 15.2 Å². The quantitative estimate of drug-likeness (QED) is 0.883. The van der Waals surface area contributed by atoms with Gasteiger partial charge in [0.15, 0.2) is 0 Å². The van der Waals surface area contributed by atoms with Crippen LogP contribution in [0.4, 0.5) is 0 Å². The standard InChI is InChI=1S/C17H17ClN4O2/c18-12-7-11-3-1-2-4-13(11)20-14(12)9-21-5-6-22-15(10-21)17(24)19-8-16(22)23/h1-4,7,15H,5-6,8-10H2,(H,19,24). The molecule has 2 fully saturated rings. The van der Waals surface area contributed by atoms with Crippen molar-refractivity contribution in [2.75, 3.05) is 26.2 Å². The Morgan fingerprint density at radius 1 is 1.25 bits per heavy atom. The highest BCUT2D eigenvalue weighted by atomic mass is 35.5. The van der Waals surface area contributed by atoms with Crippen LogP contribution in [0.15, 0.2) is 30.3 Å². The van der Waals surface area contributed by atoms with Crippen LogP contribution in [-0.4, -0.2) is 58.8 Å². The SMILES string of the molecule is O=C1NCC(=O)N2CCN(Cc3nc4ccccc4cc3Cl)CC12. The number of piperazine rings is 2. The second-order valence-electron chi connectivity index (χ2n) is 6.17. The molecule has 1 unspecified atom stereocenters. The Kier molecular flexibility index (Phi) is 3.86. The molecule has 3 heterocycles. The first-order valence-corrected chi connectivity index (χ1v) is 8.33. The molecule has 1 N–H and O–H groups in total. The fraction of sp³-hybridized carbons (Fsp3) is 0.353. The minimum absolute atomic E-state index is 0.0129. The molecular formula is C17H17ClN4O2. The number of aromatic nitrogens is 1. The fourth-order valence-corrected chi connectivity index (χ4v) is 3.56. The monoisotopic (exact) mass is 344 g/mol. The van der Waals surface area contributed by atoms with E-state index in [0.717, 1.165) is 16.6 Å². The number of benzene rings is 1. The number of carbonyl (C=O) groups is 2. The maximum atomic E-state index is 12.0. The van der Waals surface area contributed by atoms with E-state index in [4.69, 9.17) is 11.6 Å². The molecule has 1 atom stereocenters. The average molecular weight is 345 g/mol. The Bertz CT molecular complexity index is 825. The Morgan fingerprint density at radius 3 is 2.96 bits per heavy atom. The minimum atomic E-state index is -0.417. The Morgan fingerprint density at radius 2 is 2.08 bits per heavy atom. The van der Waals surface area contributed by atoms with Gasteiger partial charge in [0.1, 0.15) is 6.04 Å². The molecule has 124 valence electrons. The van der Waals surface area contributed by atoms with Gasteiger partial charge in [0.05, 0.1) is 22.8 Å². The fourth-order valence-electron chi connectivity index (χ4n) is 3.34. The van der Waals surface area contributed by atoms with E-state index in [0.29, 0.717) is 31.2 Å². The van der Waals surface area contributed by atoms with Crippen LogP contribution >= 0.6 is 11.6 Å². The molecule has 2 aliphatic rings. The molecule has 1 aromatic carbocycles. The summed E-state index contributed by atoms with van der Waals surface area (Å²) in [6.07, 6.45) is 0. The summed E-state index contributed by atoms with van der Waals surface area (Å²) in [4.78, 5) is 32.4. The molecule has 6 nitrogen and oxygen atoms in total. The van der Waals surface area contributed by atoms with E-state index in [1.54, 1.807) is 4.90 Å². The smallest absolute Gasteiger partial charge is 0.244 e. The molecule has 4 rings (SSSR count). The molecule has 1 aromatic heterocycles. The lowest BCUT2D eigenvalue weighted by atomic mass is 10.1. The van der Waals surface area contributed by atoms with Gasteiger partial charge in [-0.1, -0.05) is 29.8 Å². The largest absolute Gasteiger partial charge is 0.345 e. The van der Waals surface area contributed by atoms with Crippen LogP contribution in [-0.2, 0) is 16.1 Å². The molecule has 0 spiro atoms. The van der Waals surface area contributed by atoms with Gasteiger partial charge in [0.25, 0.3) is 0 Å². The van der Waals surface area contributed by atoms with Crippen LogP contribution in [0, 0.1) is 0 Å². The molecule has 0 radical (unpaired) electrons. The lowest BCUT2D eigenvalue weighted by molar-refractivity contribution is -0.149. The van der Waals surface area contributed by atoms with Crippen molar-refractivity contribution in [3.8, 4) is 0 Å². The molecule has 24 heavy (non-hydrogen) atoms. The van der Waals surface area contributed by atoms with E-state index in [1.165, 1.54) is 0 Å². The molecule has 2 saturated heterocycles. The van der Waals surface area contributed by atoms with Gasteiger partial charge in [0, 0.05) is 31.6 Å². The second kappa shape index (κ2) is 6.03. The summed E-state index contributed by atoms with van der Waals surface area (Å²) < 4.78 is 0. The van der Waals surface area contributed by atoms with Crippen molar-refractivity contribution >= 4 is 34.3 Å². The average Bonchev–Trinajstić information content (AvgIpc) is 2.59. The van der Waals surface area contributed by atoms with Crippen molar-refractivity contribution in [2.24, 2.45) is 0 Å². The summed E-state index contributed by atoms with van der Waals surface area (Å²) in [5.74, 6) is -0.0991. The van der Waals surface area contributed by atoms with Crippen molar-refractivity contribution in [2.45, 2.75) is 12.6 Å².